The van der Waals surface area contributed by atoms with Crippen LogP contribution in [0.1, 0.15) is 123 Å². The molecule has 22 nitrogen and oxygen atoms in total. The quantitative estimate of drug-likeness (QED) is 0.0488. The monoisotopic (exact) mass is 1050 g/mol. The first-order chi connectivity index (χ1) is 32.8. The number of aliphatic hydroxyl groups is 1. The molecule has 5 N–H and O–H groups in total. The topological polar surface area (TPSA) is 292 Å². The Bertz CT molecular complexity index is 2200. The molecule has 411 valence electrons. The molecule has 4 rings (SSSR count). The van der Waals surface area contributed by atoms with Crippen molar-refractivity contribution in [2.75, 3.05) is 32.6 Å². The van der Waals surface area contributed by atoms with Crippen LogP contribution in [0.3, 0.4) is 0 Å². The highest BCUT2D eigenvalue weighted by molar-refractivity contribution is 7.86. The van der Waals surface area contributed by atoms with Gasteiger partial charge in [-0.15, -0.1) is 13.2 Å². The van der Waals surface area contributed by atoms with Crippen molar-refractivity contribution in [3.05, 3.63) is 25.3 Å². The first kappa shape index (κ1) is 63.9. The molecule has 0 unspecified atom stereocenters. The van der Waals surface area contributed by atoms with E-state index in [1.54, 1.807) is 109 Å². The van der Waals surface area contributed by atoms with E-state index in [4.69, 9.17) is 23.1 Å². The van der Waals surface area contributed by atoms with Crippen LogP contribution in [0.4, 0.5) is 9.59 Å². The fourth-order valence-electron chi connectivity index (χ4n) is 8.52. The Balaban J connectivity index is 0.000000496. The van der Waals surface area contributed by atoms with E-state index < -0.39 is 127 Å². The largest absolute Gasteiger partial charge is 0.464 e. The number of rotatable bonds is 16. The molecule has 0 aromatic heterocycles. The van der Waals surface area contributed by atoms with Crippen LogP contribution in [-0.2, 0) is 62.0 Å². The van der Waals surface area contributed by atoms with Crippen LogP contribution < -0.4 is 21.3 Å². The van der Waals surface area contributed by atoms with Crippen LogP contribution in [0.5, 0.6) is 0 Å². The maximum absolute atomic E-state index is 13.8. The number of alkyl carbamates (subject to hydrolysis) is 2. The molecule has 2 heterocycles. The number of ether oxygens (including phenoxy) is 4. The molecule has 2 aliphatic heterocycles. The minimum atomic E-state index is -3.90. The molecule has 0 bridgehead atoms. The fourth-order valence-corrected chi connectivity index (χ4v) is 9.16. The lowest BCUT2D eigenvalue weighted by Crippen LogP contribution is -2.59. The summed E-state index contributed by atoms with van der Waals surface area (Å²) in [6.07, 6.45) is 1.04. The number of amides is 6. The maximum Gasteiger partial charge on any atom is 0.408 e. The van der Waals surface area contributed by atoms with Gasteiger partial charge in [0.05, 0.1) is 31.7 Å². The number of carbonyl (C=O) groups is 8. The molecule has 6 amide bonds. The number of nitrogens with zero attached hydrogens (tertiary/aromatic N) is 2. The molecule has 3 radical (unpaired) electrons. The van der Waals surface area contributed by atoms with E-state index in [1.807, 2.05) is 0 Å². The summed E-state index contributed by atoms with van der Waals surface area (Å²) in [7, 11) is -3.90. The van der Waals surface area contributed by atoms with Gasteiger partial charge in [0.1, 0.15) is 46.4 Å². The predicted molar refractivity (Wildman–Crippen MR) is 269 cm³/mol. The summed E-state index contributed by atoms with van der Waals surface area (Å²) in [6, 6.07) is -4.31. The van der Waals surface area contributed by atoms with Crippen molar-refractivity contribution in [1.82, 2.24) is 31.1 Å². The van der Waals surface area contributed by atoms with Gasteiger partial charge in [0.25, 0.3) is 10.1 Å². The van der Waals surface area contributed by atoms with Gasteiger partial charge < -0.3 is 55.1 Å². The molecule has 2 saturated carbocycles. The molecular weight excluding hydrogens is 971 g/mol. The van der Waals surface area contributed by atoms with Crippen LogP contribution in [0, 0.1) is 22.7 Å². The Kier molecular flexibility index (Phi) is 21.0. The molecular formula is C49H80BN6O16S. The summed E-state index contributed by atoms with van der Waals surface area (Å²) in [6.45, 7) is 31.5. The number of likely N-dealkylation sites (tertiary alicyclic amines) is 2. The normalized spacial score (nSPS) is 26.4. The molecule has 0 aromatic carbocycles. The summed E-state index contributed by atoms with van der Waals surface area (Å²) in [5.74, 6) is -4.16. The SMILES string of the molecule is C=C[C@@H]1C[C@]1(NC(=O)[C@@H]1C[C@H](O)CN1C(=O)[C@@H](NC(=O)OC(C)(C)C)C(C)(C)C)C(=O)OCC.C=C[C@@H]1C[C@]1(NC(=O)[C@@H]1C[C@H](OS(C)(=O)=O)CN1C(=O)[C@@H](NC(=O)OC(C)(C)C)C(C)(C)C)C(=O)OCC.[B]. The molecule has 0 aromatic rings. The third kappa shape index (κ3) is 17.2. The van der Waals surface area contributed by atoms with Crippen molar-refractivity contribution in [3.8, 4) is 0 Å². The van der Waals surface area contributed by atoms with Gasteiger partial charge in [-0.2, -0.15) is 8.42 Å². The third-order valence-corrected chi connectivity index (χ3v) is 12.8. The third-order valence-electron chi connectivity index (χ3n) is 12.1. The van der Waals surface area contributed by atoms with E-state index in [9.17, 15) is 51.9 Å². The van der Waals surface area contributed by atoms with Gasteiger partial charge in [0.15, 0.2) is 0 Å². The zero-order chi connectivity index (χ0) is 55.3. The molecule has 73 heavy (non-hydrogen) atoms. The highest BCUT2D eigenvalue weighted by Crippen LogP contribution is 2.47. The number of nitrogens with one attached hydrogen (secondary N) is 4. The number of esters is 2. The highest BCUT2D eigenvalue weighted by atomic mass is 32.2. The average Bonchev–Trinajstić information content (AvgIpc) is 4.01. The Morgan fingerprint density at radius 1 is 0.658 bits per heavy atom. The van der Waals surface area contributed by atoms with Gasteiger partial charge >= 0.3 is 24.1 Å². The molecule has 4 aliphatic rings. The number of hydrogen-bond donors (Lipinski definition) is 5. The lowest BCUT2D eigenvalue weighted by Gasteiger charge is -2.36. The standard InChI is InChI=1S/C25H41N3O9S.C24H39N3O7.B/c1-10-15-13-25(15,21(31)35-11-2)27-19(29)17-12-16(37-38(9,33)34)14-28(17)20(30)18(23(3,4)5)26-22(32)36-24(6,7)8;1-9-14-12-24(14,20(31)33-10-2)26-18(29)16-11-15(28)13-27(16)19(30)17(22(3,4)5)25-21(32)34-23(6,7)8;/h10,15-18H,1,11-14H2,2-9H3,(H,26,32)(H,27,29);9,14-17,28H,1,10-13H2,2-8H3,(H,25,32)(H,26,29);/t15-,16+,17+,18-,25-;14-,15+,16+,17-,24-;/m11./s1. The minimum absolute atomic E-state index is 0. The van der Waals surface area contributed by atoms with Crippen LogP contribution in [0.25, 0.3) is 0 Å². The van der Waals surface area contributed by atoms with Gasteiger partial charge in [-0.3, -0.25) is 23.4 Å². The Labute approximate surface area is 432 Å². The fraction of sp³-hybridized carbons (Fsp3) is 0.755. The van der Waals surface area contributed by atoms with Crippen molar-refractivity contribution in [1.29, 1.82) is 0 Å². The van der Waals surface area contributed by atoms with E-state index in [0.29, 0.717) is 6.42 Å². The van der Waals surface area contributed by atoms with Crippen molar-refractivity contribution >= 4 is 66.3 Å². The number of aliphatic hydroxyl groups excluding tert-OH is 1. The average molecular weight is 1050 g/mol. The van der Waals surface area contributed by atoms with Gasteiger partial charge in [-0.05, 0) is 79.1 Å². The van der Waals surface area contributed by atoms with Crippen LogP contribution in [0.15, 0.2) is 25.3 Å². The van der Waals surface area contributed by atoms with Crippen LogP contribution in [0.2, 0.25) is 0 Å². The van der Waals surface area contributed by atoms with E-state index in [0.717, 1.165) is 6.26 Å². The zero-order valence-electron chi connectivity index (χ0n) is 45.3. The molecule has 2 aliphatic carbocycles. The smallest absolute Gasteiger partial charge is 0.408 e. The maximum atomic E-state index is 13.8. The van der Waals surface area contributed by atoms with Crippen LogP contribution in [-0.4, -0.2) is 171 Å². The molecule has 2 saturated heterocycles. The summed E-state index contributed by atoms with van der Waals surface area (Å²) in [5.41, 5.74) is -5.60. The summed E-state index contributed by atoms with van der Waals surface area (Å²) in [4.78, 5) is 107. The van der Waals surface area contributed by atoms with Crippen molar-refractivity contribution < 1.29 is 75.0 Å². The first-order valence-corrected chi connectivity index (χ1v) is 26.0. The summed E-state index contributed by atoms with van der Waals surface area (Å²) in [5, 5.41) is 21.0. The Hall–Kier alpha value is -5.23. The Morgan fingerprint density at radius 3 is 1.32 bits per heavy atom. The lowest BCUT2D eigenvalue weighted by atomic mass is 9.85. The number of carbonyl (C=O) groups excluding carboxylic acids is 8. The number of β-amino-alcohol motifs (C(OH)–C–C–N with tert-alkyl or cyclic N) is 1. The highest BCUT2D eigenvalue weighted by Gasteiger charge is 2.63. The van der Waals surface area contributed by atoms with Crippen molar-refractivity contribution in [3.63, 3.8) is 0 Å². The van der Waals surface area contributed by atoms with Gasteiger partial charge in [-0.1, -0.05) is 53.7 Å². The van der Waals surface area contributed by atoms with Crippen molar-refractivity contribution in [2.24, 2.45) is 22.7 Å². The molecule has 4 fully saturated rings. The summed E-state index contributed by atoms with van der Waals surface area (Å²) < 4.78 is 49.7. The summed E-state index contributed by atoms with van der Waals surface area (Å²) >= 11 is 0. The zero-order valence-corrected chi connectivity index (χ0v) is 46.1. The molecule has 0 spiro atoms. The van der Waals surface area contributed by atoms with Gasteiger partial charge in [0.2, 0.25) is 23.6 Å². The van der Waals surface area contributed by atoms with E-state index in [-0.39, 0.29) is 65.8 Å². The molecule has 10 atom stereocenters. The molecule has 24 heteroatoms. The predicted octanol–water partition coefficient (Wildman–Crippen LogP) is 2.63. The Morgan fingerprint density at radius 2 is 1.01 bits per heavy atom. The first-order valence-electron chi connectivity index (χ1n) is 24.2. The van der Waals surface area contributed by atoms with Crippen molar-refractivity contribution in [2.45, 2.75) is 181 Å². The second-order valence-electron chi connectivity index (χ2n) is 22.9. The van der Waals surface area contributed by atoms with Gasteiger partial charge in [0, 0.05) is 46.2 Å². The minimum Gasteiger partial charge on any atom is -0.464 e. The van der Waals surface area contributed by atoms with E-state index in [2.05, 4.69) is 34.4 Å². The second-order valence-corrected chi connectivity index (χ2v) is 24.5. The van der Waals surface area contributed by atoms with Crippen LogP contribution >= 0.6 is 0 Å². The van der Waals surface area contributed by atoms with Gasteiger partial charge in [-0.25, -0.2) is 19.2 Å². The lowest BCUT2D eigenvalue weighted by molar-refractivity contribution is -0.150. The second kappa shape index (κ2) is 24.0. The van der Waals surface area contributed by atoms with E-state index >= 15 is 0 Å². The van der Waals surface area contributed by atoms with E-state index in [1.165, 1.54) is 9.80 Å². The number of hydrogen-bond acceptors (Lipinski definition) is 16.